The Balaban J connectivity index is -0.000000322. The molecule has 0 saturated carbocycles. The molecule has 2 N–H and O–H groups in total. The molecule has 2 rings (SSSR count). The fraction of sp³-hybridized carbons (Fsp3) is 0.286. The fourth-order valence-electron chi connectivity index (χ4n) is 1.03. The number of aromatic nitrogens is 2. The molecule has 0 spiro atoms. The molecule has 2 aromatic rings. The first kappa shape index (κ1) is 24.2. The van der Waals surface area contributed by atoms with E-state index in [9.17, 15) is 0 Å². The van der Waals surface area contributed by atoms with Gasteiger partial charge in [0.05, 0.1) is 11.4 Å². The van der Waals surface area contributed by atoms with Crippen molar-refractivity contribution in [1.82, 2.24) is 9.97 Å². The zero-order valence-corrected chi connectivity index (χ0v) is 14.3. The van der Waals surface area contributed by atoms with Crippen molar-refractivity contribution < 1.29 is 0 Å². The van der Waals surface area contributed by atoms with Crippen LogP contribution in [0, 0.1) is 0 Å². The highest BCUT2D eigenvalue weighted by Crippen LogP contribution is 2.10. The predicted molar refractivity (Wildman–Crippen MR) is 93.2 cm³/mol. The summed E-state index contributed by atoms with van der Waals surface area (Å²) in [5.74, 6) is 0. The first-order valence-corrected chi connectivity index (χ1v) is 5.58. The van der Waals surface area contributed by atoms with Crippen molar-refractivity contribution in [3.63, 3.8) is 0 Å². The maximum atomic E-state index is 5.35. The third-order valence-corrected chi connectivity index (χ3v) is 1.59. The normalized spacial score (nSPS) is 8.80. The minimum Gasteiger partial charge on any atom is -0.326 e. The highest BCUT2D eigenvalue weighted by atomic mass is 35.5. The lowest BCUT2D eigenvalue weighted by molar-refractivity contribution is 0.580. The average Bonchev–Trinajstić information content (AvgIpc) is 2.29. The van der Waals surface area contributed by atoms with Gasteiger partial charge in [0, 0.05) is 17.9 Å². The predicted octanol–water partition coefficient (Wildman–Crippen LogP) is 4.15. The highest BCUT2D eigenvalue weighted by molar-refractivity contribution is 5.86. The maximum absolute atomic E-state index is 5.35. The van der Waals surface area contributed by atoms with Crippen LogP contribution in [-0.2, 0) is 0 Å². The van der Waals surface area contributed by atoms with Crippen molar-refractivity contribution in [2.24, 2.45) is 5.73 Å². The van der Waals surface area contributed by atoms with Crippen LogP contribution in [0.1, 0.15) is 20.8 Å². The molecule has 0 aliphatic rings. The molecule has 0 aliphatic carbocycles. The van der Waals surface area contributed by atoms with Gasteiger partial charge in [-0.1, -0.05) is 12.1 Å². The van der Waals surface area contributed by atoms with Crippen LogP contribution >= 0.6 is 37.2 Å². The zero-order valence-electron chi connectivity index (χ0n) is 11.8. The summed E-state index contributed by atoms with van der Waals surface area (Å²) in [6.45, 7) is 5.90. The van der Waals surface area contributed by atoms with Gasteiger partial charge in [-0.25, -0.2) is 0 Å². The first-order valence-electron chi connectivity index (χ1n) is 5.58. The third kappa shape index (κ3) is 12.2. The van der Waals surface area contributed by atoms with Gasteiger partial charge in [-0.2, -0.15) is 0 Å². The van der Waals surface area contributed by atoms with Gasteiger partial charge in [0.25, 0.3) is 0 Å². The summed E-state index contributed by atoms with van der Waals surface area (Å²) in [6, 6.07) is 11.6. The lowest BCUT2D eigenvalue weighted by atomic mass is 10.1. The summed E-state index contributed by atoms with van der Waals surface area (Å²) in [5, 5.41) is 0. The molecule has 114 valence electrons. The summed E-state index contributed by atoms with van der Waals surface area (Å²) in [5.41, 5.74) is 7.18. The van der Waals surface area contributed by atoms with Crippen molar-refractivity contribution in [2.45, 2.75) is 26.3 Å². The molecule has 2 heterocycles. The molecule has 20 heavy (non-hydrogen) atoms. The number of rotatable bonds is 1. The summed E-state index contributed by atoms with van der Waals surface area (Å²) in [6.07, 6.45) is 3.54. The second kappa shape index (κ2) is 11.9. The number of pyridine rings is 2. The summed E-state index contributed by atoms with van der Waals surface area (Å²) < 4.78 is 0. The lowest BCUT2D eigenvalue weighted by Crippen LogP contribution is -2.26. The monoisotopic (exact) mass is 337 g/mol. The zero-order chi connectivity index (χ0) is 12.7. The lowest BCUT2D eigenvalue weighted by Gasteiger charge is -2.06. The van der Waals surface area contributed by atoms with E-state index in [-0.39, 0.29) is 42.8 Å². The van der Waals surface area contributed by atoms with E-state index in [0.29, 0.717) is 0 Å². The third-order valence-electron chi connectivity index (χ3n) is 1.59. The minimum absolute atomic E-state index is 0. The number of nitrogens with zero attached hydrogens (tertiary/aromatic N) is 2. The van der Waals surface area contributed by atoms with E-state index >= 15 is 0 Å². The molecule has 0 fully saturated rings. The van der Waals surface area contributed by atoms with E-state index in [1.54, 1.807) is 12.4 Å². The van der Waals surface area contributed by atoms with Crippen LogP contribution in [0.3, 0.4) is 0 Å². The molecule has 0 aromatic carbocycles. The Kier molecular flexibility index (Phi) is 14.4. The van der Waals surface area contributed by atoms with Crippen LogP contribution < -0.4 is 5.73 Å². The SMILES string of the molecule is CC(C)(C)N.Cl.Cl.Cl.c1ccc(-c2ccccn2)nc1. The Morgan fingerprint density at radius 1 is 0.750 bits per heavy atom. The largest absolute Gasteiger partial charge is 0.326 e. The molecule has 0 atom stereocenters. The van der Waals surface area contributed by atoms with Gasteiger partial charge in [-0.15, -0.1) is 37.2 Å². The van der Waals surface area contributed by atoms with Crippen LogP contribution in [-0.4, -0.2) is 15.5 Å². The van der Waals surface area contributed by atoms with Crippen molar-refractivity contribution in [3.8, 4) is 11.4 Å². The van der Waals surface area contributed by atoms with Gasteiger partial charge < -0.3 is 5.73 Å². The maximum Gasteiger partial charge on any atom is 0.0886 e. The molecular weight excluding hydrogens is 317 g/mol. The number of hydrogen-bond donors (Lipinski definition) is 1. The van der Waals surface area contributed by atoms with Crippen LogP contribution in [0.4, 0.5) is 0 Å². The summed E-state index contributed by atoms with van der Waals surface area (Å²) in [7, 11) is 0. The van der Waals surface area contributed by atoms with Gasteiger partial charge in [-0.3, -0.25) is 9.97 Å². The van der Waals surface area contributed by atoms with Crippen molar-refractivity contribution >= 4 is 37.2 Å². The molecule has 2 aromatic heterocycles. The Morgan fingerprint density at radius 3 is 1.25 bits per heavy atom. The molecule has 0 aliphatic heterocycles. The summed E-state index contributed by atoms with van der Waals surface area (Å²) in [4.78, 5) is 8.37. The molecule has 0 bridgehead atoms. The van der Waals surface area contributed by atoms with E-state index in [2.05, 4.69) is 9.97 Å². The second-order valence-electron chi connectivity index (χ2n) is 4.80. The standard InChI is InChI=1S/C10H8N2.C4H11N.3ClH/c1-3-7-11-9(5-1)10-6-2-4-8-12-10;1-4(2,3)5;;;/h1-8H;5H2,1-3H3;3*1H. The van der Waals surface area contributed by atoms with Gasteiger partial charge >= 0.3 is 0 Å². The Morgan fingerprint density at radius 2 is 1.05 bits per heavy atom. The van der Waals surface area contributed by atoms with Crippen molar-refractivity contribution in [1.29, 1.82) is 0 Å². The van der Waals surface area contributed by atoms with Gasteiger partial charge in [0.2, 0.25) is 0 Å². The van der Waals surface area contributed by atoms with Crippen LogP contribution in [0.25, 0.3) is 11.4 Å². The highest BCUT2D eigenvalue weighted by Gasteiger charge is 1.96. The molecular formula is C14H22Cl3N3. The molecule has 0 unspecified atom stereocenters. The molecule has 0 saturated heterocycles. The quantitative estimate of drug-likeness (QED) is 0.849. The smallest absolute Gasteiger partial charge is 0.0886 e. The van der Waals surface area contributed by atoms with Crippen molar-refractivity contribution in [2.75, 3.05) is 0 Å². The van der Waals surface area contributed by atoms with Crippen LogP contribution in [0.2, 0.25) is 0 Å². The molecule has 3 nitrogen and oxygen atoms in total. The Bertz CT molecular complexity index is 387. The minimum atomic E-state index is 0. The molecule has 6 heteroatoms. The van der Waals surface area contributed by atoms with E-state index < -0.39 is 0 Å². The second-order valence-corrected chi connectivity index (χ2v) is 4.80. The van der Waals surface area contributed by atoms with Crippen molar-refractivity contribution in [3.05, 3.63) is 48.8 Å². The fourth-order valence-corrected chi connectivity index (χ4v) is 1.03. The Hall–Kier alpha value is -0.870. The van der Waals surface area contributed by atoms with Gasteiger partial charge in [0.15, 0.2) is 0 Å². The Labute approximate surface area is 139 Å². The molecule has 0 radical (unpaired) electrons. The van der Waals surface area contributed by atoms with E-state index in [0.717, 1.165) is 11.4 Å². The van der Waals surface area contributed by atoms with Gasteiger partial charge in [0.1, 0.15) is 0 Å². The summed E-state index contributed by atoms with van der Waals surface area (Å²) >= 11 is 0. The van der Waals surface area contributed by atoms with Gasteiger partial charge in [-0.05, 0) is 45.0 Å². The number of nitrogens with two attached hydrogens (primary N) is 1. The van der Waals surface area contributed by atoms with Crippen LogP contribution in [0.5, 0.6) is 0 Å². The first-order chi connectivity index (χ1) is 7.97. The number of hydrogen-bond acceptors (Lipinski definition) is 3. The van der Waals surface area contributed by atoms with E-state index in [4.69, 9.17) is 5.73 Å². The average molecular weight is 339 g/mol. The van der Waals surface area contributed by atoms with E-state index in [1.807, 2.05) is 57.2 Å². The number of halogens is 3. The molecule has 0 amide bonds. The van der Waals surface area contributed by atoms with E-state index in [1.165, 1.54) is 0 Å². The van der Waals surface area contributed by atoms with Crippen LogP contribution in [0.15, 0.2) is 48.8 Å². The topological polar surface area (TPSA) is 51.8 Å².